The number of ketones is 1. The maximum atomic E-state index is 13.7. The van der Waals surface area contributed by atoms with Gasteiger partial charge >= 0.3 is 0 Å². The summed E-state index contributed by atoms with van der Waals surface area (Å²) < 4.78 is 21.1. The molecule has 0 saturated heterocycles. The van der Waals surface area contributed by atoms with E-state index in [0.717, 1.165) is 31.2 Å². The van der Waals surface area contributed by atoms with Crippen molar-refractivity contribution in [3.05, 3.63) is 84.1 Å². The fraction of sp³-hybridized carbons (Fsp3) is 0.250. The molecule has 6 nitrogen and oxygen atoms in total. The topological polar surface area (TPSA) is 77.1 Å². The first-order valence-corrected chi connectivity index (χ1v) is 11.9. The molecule has 1 amide bonds. The van der Waals surface area contributed by atoms with Crippen LogP contribution in [0.4, 0.5) is 10.2 Å². The predicted octanol–water partition coefficient (Wildman–Crippen LogP) is 6.91. The average Bonchev–Trinajstić information content (AvgIpc) is 3.54. The molecule has 1 aliphatic rings. The smallest absolute Gasteiger partial charge is 0.292 e. The van der Waals surface area contributed by atoms with Gasteiger partial charge in [-0.15, -0.1) is 0 Å². The van der Waals surface area contributed by atoms with E-state index in [1.807, 2.05) is 12.1 Å². The Balaban J connectivity index is 1.69. The SMILES string of the molecule is CC(=O)c1ccc(-c2nc(-c3ccc(F)cc3)c(NC(=O)c3ccco3)n2C2CCCCC2)cc1. The molecule has 2 aromatic heterocycles. The molecule has 2 heterocycles. The number of rotatable bonds is 6. The summed E-state index contributed by atoms with van der Waals surface area (Å²) >= 11 is 0. The number of nitrogens with one attached hydrogen (secondary N) is 1. The fourth-order valence-electron chi connectivity index (χ4n) is 4.69. The van der Waals surface area contributed by atoms with Crippen LogP contribution in [0.3, 0.4) is 0 Å². The molecule has 4 aromatic rings. The van der Waals surface area contributed by atoms with Gasteiger partial charge in [0.1, 0.15) is 23.2 Å². The summed E-state index contributed by atoms with van der Waals surface area (Å²) in [5.74, 6) is 0.705. The standard InChI is InChI=1S/C28H26FN3O3/c1-18(33)19-9-11-21(12-10-19)26-30-25(20-13-15-22(29)16-14-20)27(31-28(34)24-8-5-17-35-24)32(26)23-6-3-2-4-7-23/h5,8-17,23H,2-4,6-7H2,1H3,(H,31,34). The van der Waals surface area contributed by atoms with E-state index >= 15 is 0 Å². The number of nitrogens with zero attached hydrogens (tertiary/aromatic N) is 2. The first-order valence-electron chi connectivity index (χ1n) is 11.9. The van der Waals surface area contributed by atoms with Crippen LogP contribution < -0.4 is 5.32 Å². The summed E-state index contributed by atoms with van der Waals surface area (Å²) in [7, 11) is 0. The third-order valence-electron chi connectivity index (χ3n) is 6.50. The molecule has 1 aliphatic carbocycles. The van der Waals surface area contributed by atoms with E-state index in [4.69, 9.17) is 9.40 Å². The Morgan fingerprint density at radius 1 is 0.971 bits per heavy atom. The van der Waals surface area contributed by atoms with Crippen LogP contribution >= 0.6 is 0 Å². The maximum Gasteiger partial charge on any atom is 0.292 e. The van der Waals surface area contributed by atoms with Gasteiger partial charge in [-0.25, -0.2) is 9.37 Å². The second-order valence-electron chi connectivity index (χ2n) is 8.87. The van der Waals surface area contributed by atoms with Gasteiger partial charge in [0.25, 0.3) is 5.91 Å². The Bertz CT molecular complexity index is 1330. The van der Waals surface area contributed by atoms with Gasteiger partial charge in [-0.1, -0.05) is 43.5 Å². The molecular weight excluding hydrogens is 445 g/mol. The van der Waals surface area contributed by atoms with Gasteiger partial charge in [0, 0.05) is 22.7 Å². The van der Waals surface area contributed by atoms with Crippen LogP contribution in [0.25, 0.3) is 22.6 Å². The Kier molecular flexibility index (Phi) is 6.31. The Labute approximate surface area is 202 Å². The minimum absolute atomic E-state index is 0.00873. The maximum absolute atomic E-state index is 13.7. The third-order valence-corrected chi connectivity index (χ3v) is 6.50. The summed E-state index contributed by atoms with van der Waals surface area (Å²) in [6.45, 7) is 1.53. The molecule has 7 heteroatoms. The van der Waals surface area contributed by atoms with E-state index in [-0.39, 0.29) is 29.3 Å². The second kappa shape index (κ2) is 9.70. The highest BCUT2D eigenvalue weighted by molar-refractivity contribution is 6.04. The highest BCUT2D eigenvalue weighted by Crippen LogP contribution is 2.40. The molecule has 2 aromatic carbocycles. The molecule has 5 rings (SSSR count). The summed E-state index contributed by atoms with van der Waals surface area (Å²) in [5.41, 5.74) is 2.70. The quantitative estimate of drug-likeness (QED) is 0.310. The number of amides is 1. The first-order chi connectivity index (χ1) is 17.0. The zero-order valence-electron chi connectivity index (χ0n) is 19.5. The zero-order chi connectivity index (χ0) is 24.4. The fourth-order valence-corrected chi connectivity index (χ4v) is 4.69. The van der Waals surface area contributed by atoms with Crippen LogP contribution in [-0.4, -0.2) is 21.2 Å². The molecule has 0 radical (unpaired) electrons. The molecule has 0 aliphatic heterocycles. The van der Waals surface area contributed by atoms with Crippen molar-refractivity contribution in [2.24, 2.45) is 0 Å². The summed E-state index contributed by atoms with van der Waals surface area (Å²) in [4.78, 5) is 29.8. The molecule has 1 fully saturated rings. The first kappa shape index (κ1) is 22.8. The van der Waals surface area contributed by atoms with E-state index in [2.05, 4.69) is 9.88 Å². The highest BCUT2D eigenvalue weighted by atomic mass is 19.1. The van der Waals surface area contributed by atoms with Crippen molar-refractivity contribution in [3.8, 4) is 22.6 Å². The van der Waals surface area contributed by atoms with Crippen molar-refractivity contribution in [1.29, 1.82) is 0 Å². The molecule has 0 bridgehead atoms. The number of carbonyl (C=O) groups is 2. The lowest BCUT2D eigenvalue weighted by Gasteiger charge is -2.27. The average molecular weight is 472 g/mol. The van der Waals surface area contributed by atoms with Gasteiger partial charge in [-0.3, -0.25) is 9.59 Å². The summed E-state index contributed by atoms with van der Waals surface area (Å²) in [5, 5.41) is 3.03. The number of hydrogen-bond donors (Lipinski definition) is 1. The highest BCUT2D eigenvalue weighted by Gasteiger charge is 2.28. The molecular formula is C28H26FN3O3. The van der Waals surface area contributed by atoms with Crippen molar-refractivity contribution in [2.75, 3.05) is 5.32 Å². The van der Waals surface area contributed by atoms with E-state index in [1.54, 1.807) is 36.4 Å². The third kappa shape index (κ3) is 4.67. The number of hydrogen-bond acceptors (Lipinski definition) is 4. The van der Waals surface area contributed by atoms with Crippen LogP contribution in [0.1, 0.15) is 66.0 Å². The van der Waals surface area contributed by atoms with E-state index in [0.29, 0.717) is 28.5 Å². The molecule has 1 N–H and O–H groups in total. The van der Waals surface area contributed by atoms with Gasteiger partial charge in [0.05, 0.1) is 6.26 Å². The normalized spacial score (nSPS) is 14.1. The van der Waals surface area contributed by atoms with Crippen molar-refractivity contribution < 1.29 is 18.4 Å². The summed E-state index contributed by atoms with van der Waals surface area (Å²) in [6.07, 6.45) is 6.72. The molecule has 0 spiro atoms. The van der Waals surface area contributed by atoms with E-state index in [9.17, 15) is 14.0 Å². The monoisotopic (exact) mass is 471 g/mol. The predicted molar refractivity (Wildman–Crippen MR) is 132 cm³/mol. The van der Waals surface area contributed by atoms with Gasteiger partial charge in [0.15, 0.2) is 11.5 Å². The number of furan rings is 1. The molecule has 0 atom stereocenters. The number of benzene rings is 2. The van der Waals surface area contributed by atoms with E-state index < -0.39 is 0 Å². The molecule has 1 saturated carbocycles. The lowest BCUT2D eigenvalue weighted by molar-refractivity contribution is 0.0992. The van der Waals surface area contributed by atoms with Crippen LogP contribution in [0.15, 0.2) is 71.3 Å². The van der Waals surface area contributed by atoms with Crippen molar-refractivity contribution in [2.45, 2.75) is 45.1 Å². The van der Waals surface area contributed by atoms with Gasteiger partial charge in [-0.05, 0) is 56.2 Å². The molecule has 35 heavy (non-hydrogen) atoms. The Morgan fingerprint density at radius 3 is 2.29 bits per heavy atom. The van der Waals surface area contributed by atoms with Crippen LogP contribution in [0.2, 0.25) is 0 Å². The zero-order valence-corrected chi connectivity index (χ0v) is 19.5. The number of anilines is 1. The Morgan fingerprint density at radius 2 is 1.66 bits per heavy atom. The van der Waals surface area contributed by atoms with E-state index in [1.165, 1.54) is 31.7 Å². The van der Waals surface area contributed by atoms with Crippen LogP contribution in [0.5, 0.6) is 0 Å². The van der Waals surface area contributed by atoms with Gasteiger partial charge < -0.3 is 14.3 Å². The number of aromatic nitrogens is 2. The van der Waals surface area contributed by atoms with Gasteiger partial charge in [0.2, 0.25) is 0 Å². The molecule has 0 unspecified atom stereocenters. The van der Waals surface area contributed by atoms with Crippen LogP contribution in [0, 0.1) is 5.82 Å². The minimum Gasteiger partial charge on any atom is -0.459 e. The van der Waals surface area contributed by atoms with Crippen molar-refractivity contribution in [3.63, 3.8) is 0 Å². The minimum atomic E-state index is -0.381. The summed E-state index contributed by atoms with van der Waals surface area (Å²) in [6, 6.07) is 16.8. The Hall–Kier alpha value is -4.00. The second-order valence-corrected chi connectivity index (χ2v) is 8.87. The van der Waals surface area contributed by atoms with Crippen molar-refractivity contribution in [1.82, 2.24) is 9.55 Å². The van der Waals surface area contributed by atoms with Crippen LogP contribution in [-0.2, 0) is 0 Å². The molecule has 178 valence electrons. The number of Topliss-reactive ketones (excluding diaryl/α,β-unsaturated/α-hetero) is 1. The lowest BCUT2D eigenvalue weighted by Crippen LogP contribution is -2.20. The number of halogens is 1. The number of imidazole rings is 1. The van der Waals surface area contributed by atoms with Gasteiger partial charge in [-0.2, -0.15) is 0 Å². The lowest BCUT2D eigenvalue weighted by atomic mass is 9.95. The van der Waals surface area contributed by atoms with Crippen molar-refractivity contribution >= 4 is 17.5 Å². The number of carbonyl (C=O) groups excluding carboxylic acids is 2. The largest absolute Gasteiger partial charge is 0.459 e.